The number of hydrogen-bond donors (Lipinski definition) is 1. The highest BCUT2D eigenvalue weighted by atomic mass is 32.2. The Labute approximate surface area is 115 Å². The van der Waals surface area contributed by atoms with Crippen LogP contribution < -0.4 is 5.32 Å². The molecule has 104 valence electrons. The molecule has 1 aromatic rings. The molecule has 18 heavy (non-hydrogen) atoms. The zero-order valence-electron chi connectivity index (χ0n) is 12.2. The highest BCUT2D eigenvalue weighted by molar-refractivity contribution is 8.00. The molecule has 1 heterocycles. The van der Waals surface area contributed by atoms with Crippen LogP contribution in [0.15, 0.2) is 6.33 Å². The van der Waals surface area contributed by atoms with E-state index in [1.165, 1.54) is 12.8 Å². The van der Waals surface area contributed by atoms with Crippen LogP contribution in [0.4, 0.5) is 0 Å². The Kier molecular flexibility index (Phi) is 6.15. The fraction of sp³-hybridized carbons (Fsp3) is 0.846. The van der Waals surface area contributed by atoms with Crippen molar-refractivity contribution in [3.63, 3.8) is 0 Å². The Morgan fingerprint density at radius 2 is 2.06 bits per heavy atom. The SMILES string of the molecule is CCC(CC)(CNCc1ncnn1C(C)C)SC. The standard InChI is InChI=1S/C13H26N4S/c1-6-13(7-2,18-5)9-14-8-12-15-10-16-17(12)11(3)4/h10-11,14H,6-9H2,1-5H3. The maximum absolute atomic E-state index is 4.32. The second-order valence-electron chi connectivity index (χ2n) is 4.91. The largest absolute Gasteiger partial charge is 0.308 e. The third kappa shape index (κ3) is 3.72. The first-order chi connectivity index (χ1) is 8.58. The van der Waals surface area contributed by atoms with Crippen LogP contribution in [0.5, 0.6) is 0 Å². The lowest BCUT2D eigenvalue weighted by molar-refractivity contribution is 0.460. The van der Waals surface area contributed by atoms with E-state index in [4.69, 9.17) is 0 Å². The van der Waals surface area contributed by atoms with Crippen molar-refractivity contribution in [2.24, 2.45) is 0 Å². The molecular formula is C13H26N4S. The summed E-state index contributed by atoms with van der Waals surface area (Å²) in [4.78, 5) is 4.32. The fourth-order valence-corrected chi connectivity index (χ4v) is 2.92. The third-order valence-electron chi connectivity index (χ3n) is 3.59. The van der Waals surface area contributed by atoms with Crippen molar-refractivity contribution < 1.29 is 0 Å². The molecule has 1 aromatic heterocycles. The molecule has 0 aromatic carbocycles. The van der Waals surface area contributed by atoms with Crippen LogP contribution >= 0.6 is 11.8 Å². The summed E-state index contributed by atoms with van der Waals surface area (Å²) < 4.78 is 2.33. The van der Waals surface area contributed by atoms with Crippen molar-refractivity contribution >= 4 is 11.8 Å². The number of rotatable bonds is 8. The van der Waals surface area contributed by atoms with Crippen LogP contribution in [0.2, 0.25) is 0 Å². The zero-order valence-corrected chi connectivity index (χ0v) is 13.0. The Morgan fingerprint density at radius 1 is 1.39 bits per heavy atom. The number of nitrogens with zero attached hydrogens (tertiary/aromatic N) is 3. The van der Waals surface area contributed by atoms with Crippen molar-refractivity contribution in [1.29, 1.82) is 0 Å². The Hall–Kier alpha value is -0.550. The molecule has 0 amide bonds. The Bertz CT molecular complexity index is 336. The lowest BCUT2D eigenvalue weighted by Crippen LogP contribution is -2.36. The molecule has 0 fully saturated rings. The summed E-state index contributed by atoms with van der Waals surface area (Å²) in [6.45, 7) is 10.6. The lowest BCUT2D eigenvalue weighted by atomic mass is 10.0. The van der Waals surface area contributed by atoms with E-state index in [0.29, 0.717) is 10.8 Å². The quantitative estimate of drug-likeness (QED) is 0.789. The van der Waals surface area contributed by atoms with E-state index in [-0.39, 0.29) is 0 Å². The van der Waals surface area contributed by atoms with Crippen LogP contribution in [0.1, 0.15) is 52.4 Å². The van der Waals surface area contributed by atoms with Crippen molar-refractivity contribution in [1.82, 2.24) is 20.1 Å². The first-order valence-electron chi connectivity index (χ1n) is 6.72. The number of nitrogens with one attached hydrogen (secondary N) is 1. The van der Waals surface area contributed by atoms with Crippen LogP contribution in [-0.2, 0) is 6.54 Å². The van der Waals surface area contributed by atoms with Gasteiger partial charge < -0.3 is 5.32 Å². The summed E-state index contributed by atoms with van der Waals surface area (Å²) in [5, 5.41) is 7.78. The summed E-state index contributed by atoms with van der Waals surface area (Å²) in [6, 6.07) is 0.368. The monoisotopic (exact) mass is 270 g/mol. The summed E-state index contributed by atoms with van der Waals surface area (Å²) in [7, 11) is 0. The van der Waals surface area contributed by atoms with Gasteiger partial charge in [0.15, 0.2) is 0 Å². The first kappa shape index (κ1) is 15.5. The molecule has 5 heteroatoms. The molecule has 1 N–H and O–H groups in total. The van der Waals surface area contributed by atoms with E-state index >= 15 is 0 Å². The molecule has 0 atom stereocenters. The molecule has 0 saturated carbocycles. The molecule has 0 unspecified atom stereocenters. The molecule has 0 saturated heterocycles. The predicted molar refractivity (Wildman–Crippen MR) is 78.9 cm³/mol. The maximum Gasteiger partial charge on any atom is 0.141 e. The van der Waals surface area contributed by atoms with Crippen LogP contribution in [-0.4, -0.2) is 32.3 Å². The first-order valence-corrected chi connectivity index (χ1v) is 7.95. The van der Waals surface area contributed by atoms with E-state index in [1.807, 2.05) is 16.4 Å². The van der Waals surface area contributed by atoms with Gasteiger partial charge in [0.05, 0.1) is 6.54 Å². The second kappa shape index (κ2) is 7.14. The van der Waals surface area contributed by atoms with E-state index in [2.05, 4.69) is 49.4 Å². The van der Waals surface area contributed by atoms with Crippen LogP contribution in [0, 0.1) is 0 Å². The average Bonchev–Trinajstić information content (AvgIpc) is 2.84. The molecule has 1 rings (SSSR count). The van der Waals surface area contributed by atoms with Gasteiger partial charge in [-0.15, -0.1) is 0 Å². The minimum absolute atomic E-state index is 0.350. The van der Waals surface area contributed by atoms with Crippen molar-refractivity contribution in [3.8, 4) is 0 Å². The zero-order chi connectivity index (χ0) is 13.6. The molecule has 0 bridgehead atoms. The minimum atomic E-state index is 0.350. The smallest absolute Gasteiger partial charge is 0.141 e. The topological polar surface area (TPSA) is 42.7 Å². The minimum Gasteiger partial charge on any atom is -0.308 e. The van der Waals surface area contributed by atoms with E-state index in [1.54, 1.807) is 6.33 Å². The normalized spacial score (nSPS) is 12.3. The Morgan fingerprint density at radius 3 is 2.56 bits per heavy atom. The van der Waals surface area contributed by atoms with Gasteiger partial charge in [0, 0.05) is 17.3 Å². The number of thioether (sulfide) groups is 1. The molecule has 0 aliphatic heterocycles. The van der Waals surface area contributed by atoms with Crippen LogP contribution in [0.3, 0.4) is 0 Å². The van der Waals surface area contributed by atoms with Gasteiger partial charge in [0.2, 0.25) is 0 Å². The van der Waals surface area contributed by atoms with Gasteiger partial charge in [-0.2, -0.15) is 16.9 Å². The van der Waals surface area contributed by atoms with E-state index in [0.717, 1.165) is 18.9 Å². The van der Waals surface area contributed by atoms with Gasteiger partial charge in [0.1, 0.15) is 12.2 Å². The number of aromatic nitrogens is 3. The Balaban J connectivity index is 2.53. The number of hydrogen-bond acceptors (Lipinski definition) is 4. The van der Waals surface area contributed by atoms with E-state index in [9.17, 15) is 0 Å². The van der Waals surface area contributed by atoms with Crippen molar-refractivity contribution in [2.45, 2.75) is 57.9 Å². The molecule has 0 radical (unpaired) electrons. The summed E-state index contributed by atoms with van der Waals surface area (Å²) in [6.07, 6.45) is 6.22. The highest BCUT2D eigenvalue weighted by Gasteiger charge is 2.24. The van der Waals surface area contributed by atoms with Gasteiger partial charge >= 0.3 is 0 Å². The van der Waals surface area contributed by atoms with Crippen LogP contribution in [0.25, 0.3) is 0 Å². The lowest BCUT2D eigenvalue weighted by Gasteiger charge is -2.30. The predicted octanol–water partition coefficient (Wildman–Crippen LogP) is 2.87. The van der Waals surface area contributed by atoms with Gasteiger partial charge in [-0.25, -0.2) is 9.67 Å². The van der Waals surface area contributed by atoms with Crippen molar-refractivity contribution in [3.05, 3.63) is 12.2 Å². The summed E-state index contributed by atoms with van der Waals surface area (Å²) in [5.74, 6) is 1.02. The molecule has 0 aliphatic rings. The van der Waals surface area contributed by atoms with E-state index < -0.39 is 0 Å². The summed E-state index contributed by atoms with van der Waals surface area (Å²) >= 11 is 1.96. The maximum atomic E-state index is 4.32. The third-order valence-corrected chi connectivity index (χ3v) is 5.18. The van der Waals surface area contributed by atoms with Gasteiger partial charge in [0.25, 0.3) is 0 Å². The molecule has 0 aliphatic carbocycles. The summed E-state index contributed by atoms with van der Waals surface area (Å²) in [5.41, 5.74) is 0. The highest BCUT2D eigenvalue weighted by Crippen LogP contribution is 2.29. The second-order valence-corrected chi connectivity index (χ2v) is 6.19. The fourth-order valence-electron chi connectivity index (χ4n) is 2.09. The van der Waals surface area contributed by atoms with Gasteiger partial charge in [-0.3, -0.25) is 0 Å². The molecule has 4 nitrogen and oxygen atoms in total. The molecular weight excluding hydrogens is 244 g/mol. The van der Waals surface area contributed by atoms with Gasteiger partial charge in [-0.05, 0) is 32.9 Å². The average molecular weight is 270 g/mol. The van der Waals surface area contributed by atoms with Gasteiger partial charge in [-0.1, -0.05) is 13.8 Å². The molecule has 0 spiro atoms. The van der Waals surface area contributed by atoms with Crippen molar-refractivity contribution in [2.75, 3.05) is 12.8 Å².